The summed E-state index contributed by atoms with van der Waals surface area (Å²) in [5, 5.41) is 0. The number of aryl methyl sites for hydroxylation is 1. The molecule has 126 valence electrons. The quantitative estimate of drug-likeness (QED) is 0.849. The van der Waals surface area contributed by atoms with Gasteiger partial charge in [0.25, 0.3) is 0 Å². The number of sulfonamides is 1. The fraction of sp³-hybridized carbons (Fsp3) is 0.316. The molecule has 1 fully saturated rings. The molecule has 0 heterocycles. The van der Waals surface area contributed by atoms with Crippen molar-refractivity contribution in [2.24, 2.45) is 0 Å². The van der Waals surface area contributed by atoms with E-state index >= 15 is 0 Å². The fourth-order valence-corrected chi connectivity index (χ4v) is 4.80. The first kappa shape index (κ1) is 16.9. The molecule has 24 heavy (non-hydrogen) atoms. The van der Waals surface area contributed by atoms with Gasteiger partial charge in [-0.1, -0.05) is 54.4 Å². The van der Waals surface area contributed by atoms with E-state index in [4.69, 9.17) is 0 Å². The van der Waals surface area contributed by atoms with Crippen LogP contribution >= 0.6 is 0 Å². The monoisotopic (exact) mass is 343 g/mol. The molecule has 2 aromatic rings. The van der Waals surface area contributed by atoms with Crippen LogP contribution in [-0.4, -0.2) is 20.7 Å². The lowest BCUT2D eigenvalue weighted by Gasteiger charge is -2.31. The molecule has 4 nitrogen and oxygen atoms in total. The van der Waals surface area contributed by atoms with Gasteiger partial charge in [0, 0.05) is 6.04 Å². The van der Waals surface area contributed by atoms with Gasteiger partial charge >= 0.3 is 0 Å². The maximum absolute atomic E-state index is 12.7. The number of nitrogens with one attached hydrogen (secondary N) is 1. The van der Waals surface area contributed by atoms with Crippen LogP contribution in [0.25, 0.3) is 0 Å². The van der Waals surface area contributed by atoms with Crippen LogP contribution < -0.4 is 4.72 Å². The first-order valence-corrected chi connectivity index (χ1v) is 9.57. The van der Waals surface area contributed by atoms with Crippen molar-refractivity contribution in [1.29, 1.82) is 0 Å². The Bertz CT molecular complexity index is 815. The Morgan fingerprint density at radius 3 is 2.38 bits per heavy atom. The molecule has 0 amide bonds. The van der Waals surface area contributed by atoms with Crippen LogP contribution in [0.5, 0.6) is 0 Å². The van der Waals surface area contributed by atoms with Crippen LogP contribution in [0.15, 0.2) is 59.5 Å². The Morgan fingerprint density at radius 2 is 1.75 bits per heavy atom. The van der Waals surface area contributed by atoms with Gasteiger partial charge < -0.3 is 4.79 Å². The zero-order valence-electron chi connectivity index (χ0n) is 13.6. The van der Waals surface area contributed by atoms with Gasteiger partial charge in [0.15, 0.2) is 0 Å². The van der Waals surface area contributed by atoms with Crippen LogP contribution in [-0.2, 0) is 20.2 Å². The number of rotatable bonds is 5. The highest BCUT2D eigenvalue weighted by Gasteiger charge is 2.46. The molecule has 3 rings (SSSR count). The molecule has 2 atom stereocenters. The number of hydrogen-bond donors (Lipinski definition) is 1. The van der Waals surface area contributed by atoms with E-state index in [1.165, 1.54) is 0 Å². The lowest BCUT2D eigenvalue weighted by molar-refractivity contribution is -0.112. The molecule has 0 spiro atoms. The molecular formula is C19H21NO3S. The summed E-state index contributed by atoms with van der Waals surface area (Å²) in [5.41, 5.74) is 1.08. The van der Waals surface area contributed by atoms with Gasteiger partial charge in [-0.25, -0.2) is 13.1 Å². The molecule has 5 heteroatoms. The normalized spacial score (nSPS) is 24.0. The summed E-state index contributed by atoms with van der Waals surface area (Å²) < 4.78 is 28.2. The Balaban J connectivity index is 1.93. The Kier molecular flexibility index (Phi) is 4.56. The van der Waals surface area contributed by atoms with Gasteiger partial charge in [-0.15, -0.1) is 0 Å². The molecule has 0 bridgehead atoms. The van der Waals surface area contributed by atoms with E-state index < -0.39 is 21.5 Å². The lowest BCUT2D eigenvalue weighted by Crippen LogP contribution is -2.48. The molecule has 0 saturated heterocycles. The summed E-state index contributed by atoms with van der Waals surface area (Å²) in [6.45, 7) is 1.91. The highest BCUT2D eigenvalue weighted by atomic mass is 32.2. The standard InChI is InChI=1S/C19H21NO3S/c1-15-9-11-17(12-10-15)24(22,23)20-18-8-5-13-19(18,14-21)16-6-3-2-4-7-16/h2-4,6-7,9-12,14,18,20H,5,8,13H2,1H3/t18-,19-/m0/s1. The van der Waals surface area contributed by atoms with Crippen molar-refractivity contribution in [1.82, 2.24) is 4.72 Å². The van der Waals surface area contributed by atoms with Gasteiger partial charge in [-0.05, 0) is 37.5 Å². The van der Waals surface area contributed by atoms with E-state index in [1.54, 1.807) is 24.3 Å². The van der Waals surface area contributed by atoms with Crippen LogP contribution in [0.2, 0.25) is 0 Å². The third-order valence-electron chi connectivity index (χ3n) is 4.86. The minimum absolute atomic E-state index is 0.230. The topological polar surface area (TPSA) is 63.2 Å². The van der Waals surface area contributed by atoms with Crippen LogP contribution in [0.3, 0.4) is 0 Å². The van der Waals surface area contributed by atoms with Gasteiger partial charge in [-0.2, -0.15) is 0 Å². The van der Waals surface area contributed by atoms with Gasteiger partial charge in [0.1, 0.15) is 6.29 Å². The molecule has 1 N–H and O–H groups in total. The average Bonchev–Trinajstić information content (AvgIpc) is 2.99. The SMILES string of the molecule is Cc1ccc(S(=O)(=O)N[C@H]2CCC[C@]2(C=O)c2ccccc2)cc1. The van der Waals surface area contributed by atoms with E-state index in [0.717, 1.165) is 23.8 Å². The van der Waals surface area contributed by atoms with Crippen molar-refractivity contribution in [2.75, 3.05) is 0 Å². The van der Waals surface area contributed by atoms with Crippen LogP contribution in [0, 0.1) is 6.92 Å². The van der Waals surface area contributed by atoms with Crippen molar-refractivity contribution in [3.63, 3.8) is 0 Å². The molecule has 0 unspecified atom stereocenters. The highest BCUT2D eigenvalue weighted by molar-refractivity contribution is 7.89. The van der Waals surface area contributed by atoms with E-state index in [-0.39, 0.29) is 4.90 Å². The maximum Gasteiger partial charge on any atom is 0.240 e. The predicted octanol–water partition coefficient (Wildman–Crippen LogP) is 2.96. The zero-order valence-corrected chi connectivity index (χ0v) is 14.4. The van der Waals surface area contributed by atoms with E-state index in [0.29, 0.717) is 12.8 Å². The summed E-state index contributed by atoms with van der Waals surface area (Å²) in [7, 11) is -3.66. The van der Waals surface area contributed by atoms with Crippen molar-refractivity contribution in [3.8, 4) is 0 Å². The summed E-state index contributed by atoms with van der Waals surface area (Å²) in [6, 6.07) is 15.7. The van der Waals surface area contributed by atoms with E-state index in [1.807, 2.05) is 37.3 Å². The second-order valence-electron chi connectivity index (χ2n) is 6.40. The summed E-state index contributed by atoms with van der Waals surface area (Å²) in [6.07, 6.45) is 3.03. The van der Waals surface area contributed by atoms with Gasteiger partial charge in [-0.3, -0.25) is 0 Å². The van der Waals surface area contributed by atoms with Gasteiger partial charge in [0.05, 0.1) is 10.3 Å². The number of benzene rings is 2. The minimum Gasteiger partial charge on any atom is -0.302 e. The first-order valence-electron chi connectivity index (χ1n) is 8.09. The minimum atomic E-state index is -3.66. The molecule has 0 aromatic heterocycles. The van der Waals surface area contributed by atoms with Crippen LogP contribution in [0.4, 0.5) is 0 Å². The third kappa shape index (κ3) is 3.01. The molecule has 1 aliphatic carbocycles. The third-order valence-corrected chi connectivity index (χ3v) is 6.34. The predicted molar refractivity (Wildman–Crippen MR) is 93.3 cm³/mol. The number of aldehydes is 1. The average molecular weight is 343 g/mol. The highest BCUT2D eigenvalue weighted by Crippen LogP contribution is 2.40. The van der Waals surface area contributed by atoms with Crippen LogP contribution in [0.1, 0.15) is 30.4 Å². The molecule has 1 aliphatic rings. The largest absolute Gasteiger partial charge is 0.302 e. The smallest absolute Gasteiger partial charge is 0.240 e. The summed E-state index contributed by atoms with van der Waals surface area (Å²) in [4.78, 5) is 12.2. The first-order chi connectivity index (χ1) is 11.5. The second-order valence-corrected chi connectivity index (χ2v) is 8.12. The molecule has 0 aliphatic heterocycles. The van der Waals surface area contributed by atoms with Gasteiger partial charge in [0.2, 0.25) is 10.0 Å². The molecular weight excluding hydrogens is 322 g/mol. The lowest BCUT2D eigenvalue weighted by atomic mass is 9.77. The molecule has 1 saturated carbocycles. The van der Waals surface area contributed by atoms with Crippen molar-refractivity contribution < 1.29 is 13.2 Å². The van der Waals surface area contributed by atoms with E-state index in [2.05, 4.69) is 4.72 Å². The van der Waals surface area contributed by atoms with Crippen molar-refractivity contribution in [3.05, 3.63) is 65.7 Å². The molecule has 0 radical (unpaired) electrons. The Morgan fingerprint density at radius 1 is 1.08 bits per heavy atom. The summed E-state index contributed by atoms with van der Waals surface area (Å²) >= 11 is 0. The second kappa shape index (κ2) is 6.49. The summed E-state index contributed by atoms with van der Waals surface area (Å²) in [5.74, 6) is 0. The fourth-order valence-electron chi connectivity index (χ4n) is 3.47. The van der Waals surface area contributed by atoms with E-state index in [9.17, 15) is 13.2 Å². The Labute approximate surface area is 143 Å². The number of carbonyl (C=O) groups is 1. The number of hydrogen-bond acceptors (Lipinski definition) is 3. The zero-order chi connectivity index (χ0) is 17.2. The van der Waals surface area contributed by atoms with Crippen molar-refractivity contribution in [2.45, 2.75) is 42.5 Å². The molecule has 2 aromatic carbocycles. The van der Waals surface area contributed by atoms with Crippen molar-refractivity contribution >= 4 is 16.3 Å². The number of carbonyl (C=O) groups excluding carboxylic acids is 1. The maximum atomic E-state index is 12.7. The Hall–Kier alpha value is -1.98.